The molecule has 0 radical (unpaired) electrons. The average Bonchev–Trinajstić information content (AvgIpc) is 2.31. The third-order valence-corrected chi connectivity index (χ3v) is 1.99. The largest absolute Gasteiger partial charge is 0.346 e. The van der Waals surface area contributed by atoms with Gasteiger partial charge in [-0.25, -0.2) is 0 Å². The van der Waals surface area contributed by atoms with Gasteiger partial charge < -0.3 is 5.32 Å². The summed E-state index contributed by atoms with van der Waals surface area (Å²) in [4.78, 5) is 11.7. The van der Waals surface area contributed by atoms with Crippen molar-refractivity contribution in [2.45, 2.75) is 0 Å². The van der Waals surface area contributed by atoms with Crippen LogP contribution in [0.15, 0.2) is 54.6 Å². The molecule has 0 bridgehead atoms. The van der Waals surface area contributed by atoms with Gasteiger partial charge in [0.2, 0.25) is 0 Å². The first kappa shape index (κ1) is 12.7. The maximum Gasteiger partial charge on any atom is 0.253 e. The molecule has 0 fully saturated rings. The number of nitrogens with one attached hydrogen (secondary N) is 1. The van der Waals surface area contributed by atoms with Crippen molar-refractivity contribution in [2.24, 2.45) is 0 Å². The molecule has 0 spiro atoms. The van der Waals surface area contributed by atoms with E-state index in [1.165, 1.54) is 0 Å². The quantitative estimate of drug-likeness (QED) is 0.798. The van der Waals surface area contributed by atoms with Gasteiger partial charge in [0.05, 0.1) is 0 Å². The number of rotatable bonds is 2. The van der Waals surface area contributed by atoms with Gasteiger partial charge in [-0.2, -0.15) is 24.3 Å². The molecule has 2 aromatic carbocycles. The van der Waals surface area contributed by atoms with Crippen LogP contribution in [-0.2, 0) is 21.1 Å². The first-order valence-electron chi connectivity index (χ1n) is 4.69. The molecule has 0 aromatic heterocycles. The molecule has 0 saturated heterocycles. The Hall–Kier alpha value is -1.40. The average molecular weight is 380 g/mol. The Morgan fingerprint density at radius 3 is 2.31 bits per heavy atom. The van der Waals surface area contributed by atoms with Gasteiger partial charge in [-0.1, -0.05) is 23.9 Å². The third-order valence-electron chi connectivity index (χ3n) is 1.99. The van der Waals surface area contributed by atoms with E-state index in [1.807, 2.05) is 30.3 Å². The first-order valence-corrected chi connectivity index (χ1v) is 4.69. The maximum absolute atomic E-state index is 11.7. The summed E-state index contributed by atoms with van der Waals surface area (Å²) in [5, 5.41) is 2.76. The standard InChI is InChI=1S/C13H10NO.W/c15-13(11-7-3-1-4-8-11)14-12-9-5-2-6-10-12;/h1-9H,(H,14,15);/q-1;. The predicted molar refractivity (Wildman–Crippen MR) is 59.7 cm³/mol. The minimum absolute atomic E-state index is 0. The summed E-state index contributed by atoms with van der Waals surface area (Å²) in [6, 6.07) is 19.3. The second kappa shape index (κ2) is 6.24. The third kappa shape index (κ3) is 3.32. The second-order valence-electron chi connectivity index (χ2n) is 3.10. The van der Waals surface area contributed by atoms with Crippen LogP contribution >= 0.6 is 0 Å². The molecule has 0 unspecified atom stereocenters. The van der Waals surface area contributed by atoms with Crippen LogP contribution in [0.5, 0.6) is 0 Å². The van der Waals surface area contributed by atoms with Gasteiger partial charge in [0, 0.05) is 26.6 Å². The molecule has 16 heavy (non-hydrogen) atoms. The zero-order valence-electron chi connectivity index (χ0n) is 8.51. The number of carbonyl (C=O) groups is 1. The Morgan fingerprint density at radius 1 is 1.00 bits per heavy atom. The van der Waals surface area contributed by atoms with E-state index >= 15 is 0 Å². The van der Waals surface area contributed by atoms with Crippen LogP contribution in [0.25, 0.3) is 0 Å². The van der Waals surface area contributed by atoms with Crippen molar-refractivity contribution in [1.29, 1.82) is 0 Å². The zero-order chi connectivity index (χ0) is 10.5. The summed E-state index contributed by atoms with van der Waals surface area (Å²) in [6.45, 7) is 0. The van der Waals surface area contributed by atoms with E-state index in [0.29, 0.717) is 11.3 Å². The van der Waals surface area contributed by atoms with Gasteiger partial charge >= 0.3 is 0 Å². The van der Waals surface area contributed by atoms with Crippen molar-refractivity contribution < 1.29 is 25.9 Å². The Bertz CT molecular complexity index is 442. The Morgan fingerprint density at radius 2 is 1.69 bits per heavy atom. The fourth-order valence-electron chi connectivity index (χ4n) is 1.26. The van der Waals surface area contributed by atoms with E-state index in [2.05, 4.69) is 11.4 Å². The number of amides is 1. The summed E-state index contributed by atoms with van der Waals surface area (Å²) < 4.78 is 0. The number of para-hydroxylation sites is 1. The minimum atomic E-state index is -0.113. The molecule has 1 amide bonds. The first-order chi connectivity index (χ1) is 7.36. The molecule has 3 heteroatoms. The molecule has 0 aliphatic carbocycles. The Kier molecular flexibility index (Phi) is 4.94. The van der Waals surface area contributed by atoms with Gasteiger partial charge in [-0.05, 0) is 12.1 Å². The topological polar surface area (TPSA) is 29.1 Å². The van der Waals surface area contributed by atoms with E-state index in [-0.39, 0.29) is 27.0 Å². The summed E-state index contributed by atoms with van der Waals surface area (Å²) >= 11 is 0. The molecule has 0 saturated carbocycles. The predicted octanol–water partition coefficient (Wildman–Crippen LogP) is 2.74. The fraction of sp³-hybridized carbons (Fsp3) is 0. The molecule has 0 atom stereocenters. The summed E-state index contributed by atoms with van der Waals surface area (Å²) in [7, 11) is 0. The molecular weight excluding hydrogens is 370 g/mol. The van der Waals surface area contributed by atoms with Crippen LogP contribution in [0.3, 0.4) is 0 Å². The normalized spacial score (nSPS) is 9.00. The van der Waals surface area contributed by atoms with E-state index in [4.69, 9.17) is 0 Å². The van der Waals surface area contributed by atoms with Crippen molar-refractivity contribution in [3.8, 4) is 0 Å². The molecular formula is C13H10NOW-. The second-order valence-corrected chi connectivity index (χ2v) is 3.10. The van der Waals surface area contributed by atoms with E-state index in [1.54, 1.807) is 24.3 Å². The molecule has 80 valence electrons. The minimum Gasteiger partial charge on any atom is -0.346 e. The van der Waals surface area contributed by atoms with E-state index in [0.717, 1.165) is 0 Å². The van der Waals surface area contributed by atoms with Crippen molar-refractivity contribution in [3.05, 3.63) is 66.2 Å². The van der Waals surface area contributed by atoms with Gasteiger partial charge in [-0.15, -0.1) is 6.07 Å². The van der Waals surface area contributed by atoms with Crippen LogP contribution in [0.4, 0.5) is 5.69 Å². The van der Waals surface area contributed by atoms with E-state index in [9.17, 15) is 4.79 Å². The molecule has 2 rings (SSSR count). The molecule has 1 N–H and O–H groups in total. The van der Waals surface area contributed by atoms with Crippen LogP contribution in [-0.4, -0.2) is 5.91 Å². The zero-order valence-corrected chi connectivity index (χ0v) is 11.4. The van der Waals surface area contributed by atoms with Gasteiger partial charge in [-0.3, -0.25) is 4.79 Å². The van der Waals surface area contributed by atoms with Crippen molar-refractivity contribution in [1.82, 2.24) is 0 Å². The SMILES string of the molecule is O=C(Nc1[c-]cccc1)c1ccccc1.[W]. The number of carbonyl (C=O) groups excluding carboxylic acids is 1. The number of anilines is 1. The monoisotopic (exact) mass is 380 g/mol. The number of hydrogen-bond donors (Lipinski definition) is 1. The Labute approximate surface area is 109 Å². The van der Waals surface area contributed by atoms with Crippen LogP contribution in [0.1, 0.15) is 10.4 Å². The molecule has 2 aromatic rings. The maximum atomic E-state index is 11.7. The Balaban J connectivity index is 0.00000128. The van der Waals surface area contributed by atoms with Crippen molar-refractivity contribution in [3.63, 3.8) is 0 Å². The smallest absolute Gasteiger partial charge is 0.253 e. The van der Waals surface area contributed by atoms with Crippen LogP contribution in [0, 0.1) is 6.07 Å². The summed E-state index contributed by atoms with van der Waals surface area (Å²) in [6.07, 6.45) is 0. The van der Waals surface area contributed by atoms with Crippen molar-refractivity contribution in [2.75, 3.05) is 5.32 Å². The van der Waals surface area contributed by atoms with Gasteiger partial charge in [0.15, 0.2) is 0 Å². The molecule has 0 aliphatic rings. The van der Waals surface area contributed by atoms with E-state index < -0.39 is 0 Å². The fourth-order valence-corrected chi connectivity index (χ4v) is 1.26. The van der Waals surface area contributed by atoms with Gasteiger partial charge in [0.1, 0.15) is 0 Å². The van der Waals surface area contributed by atoms with Crippen LogP contribution < -0.4 is 5.32 Å². The number of benzene rings is 2. The number of hydrogen-bond acceptors (Lipinski definition) is 1. The van der Waals surface area contributed by atoms with Crippen molar-refractivity contribution >= 4 is 11.6 Å². The summed E-state index contributed by atoms with van der Waals surface area (Å²) in [5.41, 5.74) is 1.33. The van der Waals surface area contributed by atoms with Gasteiger partial charge in [0.25, 0.3) is 5.91 Å². The summed E-state index contributed by atoms with van der Waals surface area (Å²) in [5.74, 6) is -0.113. The molecule has 0 heterocycles. The molecule has 0 aliphatic heterocycles. The molecule has 2 nitrogen and oxygen atoms in total. The van der Waals surface area contributed by atoms with Crippen LogP contribution in [0.2, 0.25) is 0 Å².